The summed E-state index contributed by atoms with van der Waals surface area (Å²) < 4.78 is 0. The standard InChI is InChI=1S/C19H29N3O3S/c1-4-16(23)22-9-7-14(8-10-22)17(19(25)20-12-13(2)3)21-18(24)15-6-5-11-26-15/h5-6,11,13-14,17H,4,7-10,12H2,1-3H3,(H,20,25)(H,21,24). The zero-order valence-electron chi connectivity index (χ0n) is 15.8. The molecule has 7 heteroatoms. The predicted octanol–water partition coefficient (Wildman–Crippen LogP) is 2.27. The SMILES string of the molecule is CCC(=O)N1CCC(C(NC(=O)c2cccs2)C(=O)NCC(C)C)CC1. The van der Waals surface area contributed by atoms with Crippen molar-refractivity contribution in [3.05, 3.63) is 22.4 Å². The van der Waals surface area contributed by atoms with E-state index in [1.54, 1.807) is 6.07 Å². The van der Waals surface area contributed by atoms with Gasteiger partial charge < -0.3 is 15.5 Å². The van der Waals surface area contributed by atoms with Crippen LogP contribution in [0.15, 0.2) is 17.5 Å². The topological polar surface area (TPSA) is 78.5 Å². The fraction of sp³-hybridized carbons (Fsp3) is 0.632. The molecule has 3 amide bonds. The molecular weight excluding hydrogens is 350 g/mol. The van der Waals surface area contributed by atoms with Crippen LogP contribution in [0.3, 0.4) is 0 Å². The number of nitrogens with one attached hydrogen (secondary N) is 2. The average Bonchev–Trinajstić information content (AvgIpc) is 3.18. The second kappa shape index (κ2) is 9.71. The minimum absolute atomic E-state index is 0.0342. The van der Waals surface area contributed by atoms with Gasteiger partial charge in [0.25, 0.3) is 5.91 Å². The highest BCUT2D eigenvalue weighted by Gasteiger charge is 2.33. The van der Waals surface area contributed by atoms with Gasteiger partial charge in [0.05, 0.1) is 4.88 Å². The minimum atomic E-state index is -0.567. The van der Waals surface area contributed by atoms with Gasteiger partial charge in [-0.25, -0.2) is 0 Å². The lowest BCUT2D eigenvalue weighted by Crippen LogP contribution is -2.54. The van der Waals surface area contributed by atoms with Crippen LogP contribution in [-0.2, 0) is 9.59 Å². The maximum absolute atomic E-state index is 12.7. The lowest BCUT2D eigenvalue weighted by molar-refractivity contribution is -0.132. The molecule has 0 bridgehead atoms. The molecule has 6 nitrogen and oxygen atoms in total. The van der Waals surface area contributed by atoms with Gasteiger partial charge in [0.1, 0.15) is 6.04 Å². The summed E-state index contributed by atoms with van der Waals surface area (Å²) in [5.74, 6) is 0.177. The third-order valence-electron chi connectivity index (χ3n) is 4.66. The summed E-state index contributed by atoms with van der Waals surface area (Å²) in [6.45, 7) is 7.79. The van der Waals surface area contributed by atoms with Gasteiger partial charge in [-0.1, -0.05) is 26.8 Å². The molecular formula is C19H29N3O3S. The summed E-state index contributed by atoms with van der Waals surface area (Å²) in [6.07, 6.45) is 1.94. The van der Waals surface area contributed by atoms with Gasteiger partial charge in [0.15, 0.2) is 0 Å². The van der Waals surface area contributed by atoms with Crippen LogP contribution in [0.4, 0.5) is 0 Å². The van der Waals surface area contributed by atoms with E-state index in [-0.39, 0.29) is 23.6 Å². The van der Waals surface area contributed by atoms with Crippen LogP contribution in [-0.4, -0.2) is 48.3 Å². The zero-order chi connectivity index (χ0) is 19.1. The summed E-state index contributed by atoms with van der Waals surface area (Å²) in [5, 5.41) is 7.72. The highest BCUT2D eigenvalue weighted by molar-refractivity contribution is 7.12. The van der Waals surface area contributed by atoms with E-state index in [1.165, 1.54) is 11.3 Å². The molecule has 2 N–H and O–H groups in total. The van der Waals surface area contributed by atoms with Crippen molar-refractivity contribution in [3.63, 3.8) is 0 Å². The van der Waals surface area contributed by atoms with Gasteiger partial charge in [0, 0.05) is 26.1 Å². The Hall–Kier alpha value is -1.89. The molecule has 0 aromatic carbocycles. The number of carbonyl (C=O) groups is 3. The fourth-order valence-electron chi connectivity index (χ4n) is 3.14. The Bertz CT molecular complexity index is 608. The predicted molar refractivity (Wildman–Crippen MR) is 103 cm³/mol. The molecule has 2 heterocycles. The Morgan fingerprint density at radius 2 is 1.96 bits per heavy atom. The molecule has 1 fully saturated rings. The van der Waals surface area contributed by atoms with Crippen LogP contribution in [0.5, 0.6) is 0 Å². The second-order valence-corrected chi connectivity index (χ2v) is 8.09. The monoisotopic (exact) mass is 379 g/mol. The van der Waals surface area contributed by atoms with Gasteiger partial charge in [-0.05, 0) is 36.1 Å². The number of hydrogen-bond donors (Lipinski definition) is 2. The maximum atomic E-state index is 12.7. The Balaban J connectivity index is 2.04. The Labute approximate surface area is 159 Å². The Morgan fingerprint density at radius 1 is 1.27 bits per heavy atom. The first kappa shape index (κ1) is 20.4. The summed E-state index contributed by atoms with van der Waals surface area (Å²) in [5.41, 5.74) is 0. The number of piperidine rings is 1. The number of amides is 3. The fourth-order valence-corrected chi connectivity index (χ4v) is 3.76. The van der Waals surface area contributed by atoms with E-state index in [0.717, 1.165) is 12.8 Å². The van der Waals surface area contributed by atoms with Crippen LogP contribution < -0.4 is 10.6 Å². The summed E-state index contributed by atoms with van der Waals surface area (Å²) in [6, 6.07) is 3.01. The molecule has 0 saturated carbocycles. The third-order valence-corrected chi connectivity index (χ3v) is 5.53. The molecule has 1 aliphatic heterocycles. The smallest absolute Gasteiger partial charge is 0.262 e. The van der Waals surface area contributed by atoms with E-state index < -0.39 is 6.04 Å². The first-order chi connectivity index (χ1) is 12.4. The van der Waals surface area contributed by atoms with E-state index in [2.05, 4.69) is 10.6 Å². The van der Waals surface area contributed by atoms with Crippen molar-refractivity contribution in [1.29, 1.82) is 0 Å². The second-order valence-electron chi connectivity index (χ2n) is 7.14. The molecule has 144 valence electrons. The molecule has 1 aliphatic rings. The van der Waals surface area contributed by atoms with Crippen molar-refractivity contribution >= 4 is 29.1 Å². The molecule has 1 saturated heterocycles. The molecule has 1 unspecified atom stereocenters. The van der Waals surface area contributed by atoms with Gasteiger partial charge in [-0.15, -0.1) is 11.3 Å². The van der Waals surface area contributed by atoms with Gasteiger partial charge in [-0.2, -0.15) is 0 Å². The molecule has 0 aliphatic carbocycles. The van der Waals surface area contributed by atoms with Crippen LogP contribution in [0.2, 0.25) is 0 Å². The number of carbonyl (C=O) groups excluding carboxylic acids is 3. The van der Waals surface area contributed by atoms with Crippen molar-refractivity contribution < 1.29 is 14.4 Å². The van der Waals surface area contributed by atoms with Crippen LogP contribution in [0.25, 0.3) is 0 Å². The van der Waals surface area contributed by atoms with Crippen molar-refractivity contribution in [2.75, 3.05) is 19.6 Å². The van der Waals surface area contributed by atoms with Crippen LogP contribution in [0, 0.1) is 11.8 Å². The van der Waals surface area contributed by atoms with E-state index in [0.29, 0.717) is 36.9 Å². The average molecular weight is 380 g/mol. The van der Waals surface area contributed by atoms with Crippen LogP contribution in [0.1, 0.15) is 49.7 Å². The largest absolute Gasteiger partial charge is 0.354 e. The van der Waals surface area contributed by atoms with Gasteiger partial charge in [-0.3, -0.25) is 14.4 Å². The van der Waals surface area contributed by atoms with Crippen molar-refractivity contribution in [3.8, 4) is 0 Å². The van der Waals surface area contributed by atoms with Crippen molar-refractivity contribution in [2.45, 2.75) is 46.1 Å². The normalized spacial score (nSPS) is 16.4. The number of nitrogens with zero attached hydrogens (tertiary/aromatic N) is 1. The highest BCUT2D eigenvalue weighted by atomic mass is 32.1. The highest BCUT2D eigenvalue weighted by Crippen LogP contribution is 2.22. The molecule has 1 aromatic heterocycles. The quantitative estimate of drug-likeness (QED) is 0.763. The summed E-state index contributed by atoms with van der Waals surface area (Å²) >= 11 is 1.36. The first-order valence-electron chi connectivity index (χ1n) is 9.32. The molecule has 1 atom stereocenters. The number of rotatable bonds is 7. The maximum Gasteiger partial charge on any atom is 0.262 e. The lowest BCUT2D eigenvalue weighted by atomic mass is 9.88. The van der Waals surface area contributed by atoms with Crippen LogP contribution >= 0.6 is 11.3 Å². The van der Waals surface area contributed by atoms with E-state index >= 15 is 0 Å². The molecule has 0 radical (unpaired) electrons. The number of hydrogen-bond acceptors (Lipinski definition) is 4. The van der Waals surface area contributed by atoms with Gasteiger partial charge >= 0.3 is 0 Å². The Morgan fingerprint density at radius 3 is 2.50 bits per heavy atom. The summed E-state index contributed by atoms with van der Waals surface area (Å²) in [7, 11) is 0. The third kappa shape index (κ3) is 5.56. The van der Waals surface area contributed by atoms with Gasteiger partial charge in [0.2, 0.25) is 11.8 Å². The first-order valence-corrected chi connectivity index (χ1v) is 10.2. The molecule has 0 spiro atoms. The lowest BCUT2D eigenvalue weighted by Gasteiger charge is -2.35. The van der Waals surface area contributed by atoms with E-state index in [9.17, 15) is 14.4 Å². The molecule has 26 heavy (non-hydrogen) atoms. The zero-order valence-corrected chi connectivity index (χ0v) is 16.6. The number of likely N-dealkylation sites (tertiary alicyclic amines) is 1. The minimum Gasteiger partial charge on any atom is -0.354 e. The van der Waals surface area contributed by atoms with E-state index in [1.807, 2.05) is 37.1 Å². The van der Waals surface area contributed by atoms with Crippen molar-refractivity contribution in [1.82, 2.24) is 15.5 Å². The molecule has 1 aromatic rings. The number of thiophene rings is 1. The van der Waals surface area contributed by atoms with Crippen molar-refractivity contribution in [2.24, 2.45) is 11.8 Å². The molecule has 2 rings (SSSR count). The summed E-state index contributed by atoms with van der Waals surface area (Å²) in [4.78, 5) is 39.5. The van der Waals surface area contributed by atoms with E-state index in [4.69, 9.17) is 0 Å². The Kier molecular flexibility index (Phi) is 7.63.